The van der Waals surface area contributed by atoms with Crippen molar-refractivity contribution in [3.05, 3.63) is 55.2 Å². The summed E-state index contributed by atoms with van der Waals surface area (Å²) in [5.41, 5.74) is 1.99. The maximum Gasteiger partial charge on any atom is 0.140 e. The van der Waals surface area contributed by atoms with Gasteiger partial charge in [-0.1, -0.05) is 18.2 Å². The smallest absolute Gasteiger partial charge is 0.140 e. The molecule has 0 aliphatic heterocycles. The summed E-state index contributed by atoms with van der Waals surface area (Å²) in [4.78, 5) is 10.8. The molecule has 18 heavy (non-hydrogen) atoms. The van der Waals surface area contributed by atoms with Gasteiger partial charge in [-0.2, -0.15) is 5.10 Å². The third-order valence-corrected chi connectivity index (χ3v) is 2.57. The fourth-order valence-corrected chi connectivity index (χ4v) is 1.68. The summed E-state index contributed by atoms with van der Waals surface area (Å²) in [7, 11) is 0. The first-order chi connectivity index (χ1) is 8.93. The summed E-state index contributed by atoms with van der Waals surface area (Å²) in [5.74, 6) is 0. The van der Waals surface area contributed by atoms with Crippen LogP contribution in [0.15, 0.2) is 55.2 Å². The average Bonchev–Trinajstić information content (AvgIpc) is 3.08. The number of rotatable bonds is 0. The minimum atomic E-state index is 0.894. The number of fused-ring (bicyclic) bond motifs is 2. The van der Waals surface area contributed by atoms with Gasteiger partial charge in [-0.25, -0.2) is 9.97 Å². The lowest BCUT2D eigenvalue weighted by atomic mass is 10.3. The van der Waals surface area contributed by atoms with Gasteiger partial charge in [-0.15, -0.1) is 0 Å². The Morgan fingerprint density at radius 2 is 1.89 bits per heavy atom. The van der Waals surface area contributed by atoms with Gasteiger partial charge in [-0.05, 0) is 12.1 Å². The highest BCUT2D eigenvalue weighted by Crippen LogP contribution is 2.07. The van der Waals surface area contributed by atoms with Crippen LogP contribution in [0.1, 0.15) is 0 Å². The molecule has 0 spiro atoms. The lowest BCUT2D eigenvalue weighted by molar-refractivity contribution is 1.12. The normalized spacial score (nSPS) is 10.2. The van der Waals surface area contributed by atoms with Crippen LogP contribution < -0.4 is 0 Å². The van der Waals surface area contributed by atoms with Crippen molar-refractivity contribution in [2.24, 2.45) is 0 Å². The van der Waals surface area contributed by atoms with Gasteiger partial charge in [0.25, 0.3) is 0 Å². The molecule has 3 aromatic heterocycles. The molecule has 0 atom stereocenters. The summed E-state index contributed by atoms with van der Waals surface area (Å²) in [6.45, 7) is 0. The molecule has 0 saturated heterocycles. The monoisotopic (exact) mass is 237 g/mol. The van der Waals surface area contributed by atoms with Gasteiger partial charge in [0.15, 0.2) is 0 Å². The van der Waals surface area contributed by atoms with Crippen LogP contribution >= 0.6 is 0 Å². The van der Waals surface area contributed by atoms with Crippen molar-refractivity contribution in [1.29, 1.82) is 0 Å². The third-order valence-electron chi connectivity index (χ3n) is 2.57. The van der Waals surface area contributed by atoms with Gasteiger partial charge in [-0.3, -0.25) is 5.10 Å². The maximum absolute atomic E-state index is 3.97. The Morgan fingerprint density at radius 3 is 2.78 bits per heavy atom. The molecule has 1 aromatic carbocycles. The van der Waals surface area contributed by atoms with Crippen molar-refractivity contribution >= 4 is 21.9 Å². The van der Waals surface area contributed by atoms with E-state index in [1.165, 1.54) is 6.33 Å². The first kappa shape index (κ1) is 10.5. The van der Waals surface area contributed by atoms with Crippen molar-refractivity contribution in [3.63, 3.8) is 0 Å². The number of aromatic nitrogens is 5. The molecule has 5 nitrogen and oxygen atoms in total. The van der Waals surface area contributed by atoms with Crippen molar-refractivity contribution in [1.82, 2.24) is 25.1 Å². The Morgan fingerprint density at radius 1 is 0.944 bits per heavy atom. The molecule has 0 saturated carbocycles. The maximum atomic E-state index is 3.97. The Labute approximate surface area is 103 Å². The molecule has 0 bridgehead atoms. The zero-order chi connectivity index (χ0) is 12.2. The first-order valence-corrected chi connectivity index (χ1v) is 5.55. The van der Waals surface area contributed by atoms with E-state index in [4.69, 9.17) is 0 Å². The molecule has 0 amide bonds. The van der Waals surface area contributed by atoms with Crippen LogP contribution in [0.2, 0.25) is 0 Å². The predicted octanol–water partition coefficient (Wildman–Crippen LogP) is 2.52. The molecule has 0 radical (unpaired) electrons. The van der Waals surface area contributed by atoms with Crippen LogP contribution in [0.3, 0.4) is 0 Å². The second-order valence-electron chi connectivity index (χ2n) is 3.76. The number of H-pyrrole nitrogens is 2. The largest absolute Gasteiger partial charge is 0.346 e. The topological polar surface area (TPSA) is 70.2 Å². The molecule has 5 heteroatoms. The van der Waals surface area contributed by atoms with Crippen LogP contribution in [0.4, 0.5) is 0 Å². The number of benzene rings is 1. The first-order valence-electron chi connectivity index (χ1n) is 5.55. The van der Waals surface area contributed by atoms with Crippen molar-refractivity contribution in [3.8, 4) is 0 Å². The van der Waals surface area contributed by atoms with Crippen molar-refractivity contribution in [2.75, 3.05) is 0 Å². The van der Waals surface area contributed by atoms with Crippen LogP contribution in [0, 0.1) is 0 Å². The second-order valence-corrected chi connectivity index (χ2v) is 3.76. The fourth-order valence-electron chi connectivity index (χ4n) is 1.68. The van der Waals surface area contributed by atoms with Gasteiger partial charge in [0.1, 0.15) is 12.0 Å². The van der Waals surface area contributed by atoms with E-state index in [1.807, 2.05) is 42.7 Å². The summed E-state index contributed by atoms with van der Waals surface area (Å²) in [6, 6.07) is 9.95. The predicted molar refractivity (Wildman–Crippen MR) is 70.0 cm³/mol. The van der Waals surface area contributed by atoms with E-state index in [0.717, 1.165) is 21.9 Å². The summed E-state index contributed by atoms with van der Waals surface area (Å²) in [6.07, 6.45) is 6.96. The third kappa shape index (κ3) is 2.06. The highest BCUT2D eigenvalue weighted by molar-refractivity contribution is 5.77. The molecule has 0 aliphatic rings. The van der Waals surface area contributed by atoms with Crippen molar-refractivity contribution in [2.45, 2.75) is 0 Å². The molecular weight excluding hydrogens is 226 g/mol. The van der Waals surface area contributed by atoms with Gasteiger partial charge >= 0.3 is 0 Å². The number of para-hydroxylation sites is 1. The standard InChI is InChI=1S/C7H6N2.C6H5N3/c1-2-4-7-6(3-1)5-8-9-7;1-2-8-6-5(1)3-7-4-9-6/h1-5H,(H,8,9);1-4H,(H,7,8,9). The van der Waals surface area contributed by atoms with E-state index in [-0.39, 0.29) is 0 Å². The Balaban J connectivity index is 0.000000111. The molecule has 4 rings (SSSR count). The van der Waals surface area contributed by atoms with Crippen LogP contribution in [0.5, 0.6) is 0 Å². The number of hydrogen-bond donors (Lipinski definition) is 2. The second kappa shape index (κ2) is 4.67. The van der Waals surface area contributed by atoms with E-state index >= 15 is 0 Å². The molecule has 3 heterocycles. The average molecular weight is 237 g/mol. The molecule has 88 valence electrons. The van der Waals surface area contributed by atoms with E-state index in [2.05, 4.69) is 25.1 Å². The molecule has 0 unspecified atom stereocenters. The lowest BCUT2D eigenvalue weighted by Gasteiger charge is -1.81. The molecule has 0 fully saturated rings. The summed E-state index contributed by atoms with van der Waals surface area (Å²) in [5, 5.41) is 8.96. The van der Waals surface area contributed by atoms with Crippen LogP contribution in [-0.4, -0.2) is 25.1 Å². The zero-order valence-electron chi connectivity index (χ0n) is 9.54. The van der Waals surface area contributed by atoms with Crippen molar-refractivity contribution < 1.29 is 0 Å². The Bertz CT molecular complexity index is 629. The molecule has 2 N–H and O–H groups in total. The highest BCUT2D eigenvalue weighted by atomic mass is 15.1. The van der Waals surface area contributed by atoms with Gasteiger partial charge in [0.2, 0.25) is 0 Å². The molecule has 0 aliphatic carbocycles. The Hall–Kier alpha value is -2.69. The SMILES string of the molecule is c1ccc2[nH]ncc2c1.c1ncc2cc[nH]c2n1. The summed E-state index contributed by atoms with van der Waals surface area (Å²) < 4.78 is 0. The van der Waals surface area contributed by atoms with Gasteiger partial charge in [0, 0.05) is 23.2 Å². The van der Waals surface area contributed by atoms with E-state index in [1.54, 1.807) is 6.20 Å². The van der Waals surface area contributed by atoms with Gasteiger partial charge < -0.3 is 4.98 Å². The molecule has 4 aromatic rings. The zero-order valence-corrected chi connectivity index (χ0v) is 9.54. The Kier molecular flexibility index (Phi) is 2.71. The number of aromatic amines is 2. The number of nitrogens with one attached hydrogen (secondary N) is 2. The molecular formula is C13H11N5. The van der Waals surface area contributed by atoms with E-state index in [9.17, 15) is 0 Å². The van der Waals surface area contributed by atoms with Crippen LogP contribution in [-0.2, 0) is 0 Å². The number of hydrogen-bond acceptors (Lipinski definition) is 3. The highest BCUT2D eigenvalue weighted by Gasteiger charge is 1.89. The lowest BCUT2D eigenvalue weighted by Crippen LogP contribution is -1.75. The summed E-state index contributed by atoms with van der Waals surface area (Å²) >= 11 is 0. The van der Waals surface area contributed by atoms with Crippen LogP contribution in [0.25, 0.3) is 21.9 Å². The number of nitrogens with zero attached hydrogens (tertiary/aromatic N) is 3. The quantitative estimate of drug-likeness (QED) is 0.493. The van der Waals surface area contributed by atoms with E-state index in [0.29, 0.717) is 0 Å². The van der Waals surface area contributed by atoms with E-state index < -0.39 is 0 Å². The minimum Gasteiger partial charge on any atom is -0.346 e. The fraction of sp³-hybridized carbons (Fsp3) is 0. The van der Waals surface area contributed by atoms with Gasteiger partial charge in [0.05, 0.1) is 11.7 Å². The minimum absolute atomic E-state index is 0.894.